The Kier molecular flexibility index (Phi) is 5.57. The molecule has 2 aliphatic heterocycles. The summed E-state index contributed by atoms with van der Waals surface area (Å²) in [6.07, 6.45) is 1.51. The van der Waals surface area contributed by atoms with Crippen LogP contribution in [0.5, 0.6) is 0 Å². The van der Waals surface area contributed by atoms with E-state index in [1.807, 2.05) is 22.8 Å². The number of nitrogen functional groups attached to an aromatic ring is 1. The molecular weight excluding hydrogens is 477 g/mol. The van der Waals surface area contributed by atoms with Gasteiger partial charge in [-0.05, 0) is 36.6 Å². The number of aromatic nitrogens is 2. The predicted octanol–water partition coefficient (Wildman–Crippen LogP) is 4.12. The van der Waals surface area contributed by atoms with Gasteiger partial charge < -0.3 is 24.7 Å². The van der Waals surface area contributed by atoms with Crippen molar-refractivity contribution < 1.29 is 13.9 Å². The van der Waals surface area contributed by atoms with Gasteiger partial charge in [-0.15, -0.1) is 0 Å². The van der Waals surface area contributed by atoms with E-state index in [0.29, 0.717) is 59.5 Å². The summed E-state index contributed by atoms with van der Waals surface area (Å²) in [7, 11) is 0. The molecule has 1 fully saturated rings. The summed E-state index contributed by atoms with van der Waals surface area (Å²) in [5, 5.41) is 1.42. The normalized spacial score (nSPS) is 21.1. The zero-order chi connectivity index (χ0) is 22.6. The molecule has 0 aliphatic carbocycles. The van der Waals surface area contributed by atoms with E-state index in [1.165, 1.54) is 6.20 Å². The number of nitrogens with two attached hydrogens (primary N) is 1. The second-order valence-corrected chi connectivity index (χ2v) is 9.09. The highest BCUT2D eigenvalue weighted by Crippen LogP contribution is 2.38. The fourth-order valence-electron chi connectivity index (χ4n) is 4.54. The Morgan fingerprint density at radius 3 is 2.88 bits per heavy atom. The number of morpholine rings is 1. The Balaban J connectivity index is 1.41. The number of amides is 1. The fourth-order valence-corrected chi connectivity index (χ4v) is 5.49. The second kappa shape index (κ2) is 8.26. The average Bonchev–Trinajstić information content (AvgIpc) is 3.13. The molecule has 168 valence electrons. The smallest absolute Gasteiger partial charge is 0.293 e. The van der Waals surface area contributed by atoms with Crippen molar-refractivity contribution in [3.8, 4) is 0 Å². The molecule has 2 aliphatic rings. The molecule has 0 radical (unpaired) electrons. The number of nitrogens with zero attached hydrogens (tertiary/aromatic N) is 4. The van der Waals surface area contributed by atoms with E-state index in [0.717, 1.165) is 11.1 Å². The Hall–Kier alpha value is -2.26. The van der Waals surface area contributed by atoms with Crippen molar-refractivity contribution in [2.75, 3.05) is 36.9 Å². The van der Waals surface area contributed by atoms with Gasteiger partial charge in [0.25, 0.3) is 11.9 Å². The largest absolute Gasteiger partial charge is 0.421 e. The van der Waals surface area contributed by atoms with E-state index in [2.05, 4.69) is 9.97 Å². The van der Waals surface area contributed by atoms with Crippen LogP contribution in [0.2, 0.25) is 15.2 Å². The maximum atomic E-state index is 13.5. The molecule has 2 atom stereocenters. The van der Waals surface area contributed by atoms with Crippen LogP contribution < -0.4 is 10.6 Å². The molecule has 1 amide bonds. The zero-order valence-electron chi connectivity index (χ0n) is 17.1. The molecule has 0 spiro atoms. The second-order valence-electron chi connectivity index (χ2n) is 7.89. The van der Waals surface area contributed by atoms with Gasteiger partial charge in [-0.2, -0.15) is 4.98 Å². The van der Waals surface area contributed by atoms with Crippen molar-refractivity contribution >= 4 is 63.5 Å². The summed E-state index contributed by atoms with van der Waals surface area (Å²) < 4.78 is 11.4. The van der Waals surface area contributed by atoms with Crippen LogP contribution in [0.3, 0.4) is 0 Å². The maximum Gasteiger partial charge on any atom is 0.293 e. The lowest BCUT2D eigenvalue weighted by atomic mass is 9.93. The lowest BCUT2D eigenvalue weighted by molar-refractivity contribution is -0.147. The number of halogens is 3. The SMILES string of the molecule is C[C@H]1c2c(Cl)cc(Cl)cc2CCN1C(=O)[C@H]1CN(c2c(Cl)ncc3nc(N)oc23)CCO1. The Morgan fingerprint density at radius 1 is 1.25 bits per heavy atom. The summed E-state index contributed by atoms with van der Waals surface area (Å²) in [4.78, 5) is 25.5. The molecule has 3 aromatic rings. The van der Waals surface area contributed by atoms with Crippen LogP contribution in [0.4, 0.5) is 11.7 Å². The molecule has 0 unspecified atom stereocenters. The number of fused-ring (bicyclic) bond motifs is 2. The lowest BCUT2D eigenvalue weighted by Crippen LogP contribution is -2.53. The highest BCUT2D eigenvalue weighted by atomic mass is 35.5. The molecule has 0 bridgehead atoms. The molecular formula is C21H20Cl3N5O3. The summed E-state index contributed by atoms with van der Waals surface area (Å²) in [6.45, 7) is 3.69. The van der Waals surface area contributed by atoms with Crippen LogP contribution in [-0.4, -0.2) is 53.1 Å². The molecule has 32 heavy (non-hydrogen) atoms. The summed E-state index contributed by atoms with van der Waals surface area (Å²) in [6, 6.07) is 3.46. The first-order valence-corrected chi connectivity index (χ1v) is 11.3. The zero-order valence-corrected chi connectivity index (χ0v) is 19.4. The number of hydrogen-bond acceptors (Lipinski definition) is 7. The molecule has 8 nitrogen and oxygen atoms in total. The first-order chi connectivity index (χ1) is 15.3. The number of carbonyl (C=O) groups excluding carboxylic acids is 1. The molecule has 1 saturated heterocycles. The summed E-state index contributed by atoms with van der Waals surface area (Å²) in [5.41, 5.74) is 9.22. The van der Waals surface area contributed by atoms with Crippen molar-refractivity contribution in [3.05, 3.63) is 44.7 Å². The minimum atomic E-state index is -0.676. The van der Waals surface area contributed by atoms with Crippen molar-refractivity contribution in [2.24, 2.45) is 0 Å². The topological polar surface area (TPSA) is 97.7 Å². The standard InChI is InChI=1S/C21H20Cl3N5O3/c1-10-16-11(6-12(22)7-13(16)23)2-3-29(10)20(30)15-9-28(4-5-31-15)17-18-14(8-26-19(17)24)27-21(25)32-18/h6-8,10,15H,2-5,9H2,1H3,(H2,25,27)/t10-,15+/m0/s1. The van der Waals surface area contributed by atoms with Crippen LogP contribution in [0.15, 0.2) is 22.7 Å². The van der Waals surface area contributed by atoms with Crippen LogP contribution in [0.25, 0.3) is 11.1 Å². The van der Waals surface area contributed by atoms with Crippen molar-refractivity contribution in [2.45, 2.75) is 25.5 Å². The van der Waals surface area contributed by atoms with Gasteiger partial charge in [-0.1, -0.05) is 34.8 Å². The third-order valence-electron chi connectivity index (χ3n) is 6.01. The van der Waals surface area contributed by atoms with Gasteiger partial charge in [0, 0.05) is 23.1 Å². The number of hydrogen-bond donors (Lipinski definition) is 1. The predicted molar refractivity (Wildman–Crippen MR) is 123 cm³/mol. The summed E-state index contributed by atoms with van der Waals surface area (Å²) in [5.74, 6) is -0.104. The number of oxazole rings is 1. The van der Waals surface area contributed by atoms with E-state index >= 15 is 0 Å². The molecule has 11 heteroatoms. The maximum absolute atomic E-state index is 13.5. The average molecular weight is 497 g/mol. The minimum Gasteiger partial charge on any atom is -0.421 e. The first-order valence-electron chi connectivity index (χ1n) is 10.2. The van der Waals surface area contributed by atoms with Gasteiger partial charge in [0.1, 0.15) is 11.2 Å². The van der Waals surface area contributed by atoms with Gasteiger partial charge in [0.05, 0.1) is 25.4 Å². The number of rotatable bonds is 2. The van der Waals surface area contributed by atoms with Gasteiger partial charge >= 0.3 is 0 Å². The molecule has 5 rings (SSSR count). The number of anilines is 2. The van der Waals surface area contributed by atoms with Gasteiger partial charge in [0.2, 0.25) is 0 Å². The number of carbonyl (C=O) groups is 1. The monoisotopic (exact) mass is 495 g/mol. The number of ether oxygens (including phenoxy) is 1. The van der Waals surface area contributed by atoms with Gasteiger partial charge in [0.15, 0.2) is 16.8 Å². The fraction of sp³-hybridized carbons (Fsp3) is 0.381. The third kappa shape index (κ3) is 3.65. The molecule has 0 saturated carbocycles. The van der Waals surface area contributed by atoms with E-state index in [9.17, 15) is 4.79 Å². The quantitative estimate of drug-likeness (QED) is 0.533. The molecule has 1 aromatic carbocycles. The number of benzene rings is 1. The Morgan fingerprint density at radius 2 is 2.06 bits per heavy atom. The van der Waals surface area contributed by atoms with Crippen molar-refractivity contribution in [3.63, 3.8) is 0 Å². The van der Waals surface area contributed by atoms with Gasteiger partial charge in [-0.3, -0.25) is 4.79 Å². The van der Waals surface area contributed by atoms with Crippen LogP contribution in [0, 0.1) is 0 Å². The first kappa shape index (κ1) is 21.6. The molecule has 2 aromatic heterocycles. The van der Waals surface area contributed by atoms with Crippen LogP contribution >= 0.6 is 34.8 Å². The molecule has 2 N–H and O–H groups in total. The summed E-state index contributed by atoms with van der Waals surface area (Å²) >= 11 is 19.0. The van der Waals surface area contributed by atoms with E-state index in [-0.39, 0.29) is 23.1 Å². The van der Waals surface area contributed by atoms with E-state index in [1.54, 1.807) is 6.07 Å². The van der Waals surface area contributed by atoms with Crippen molar-refractivity contribution in [1.29, 1.82) is 0 Å². The third-order valence-corrected chi connectivity index (χ3v) is 6.82. The van der Waals surface area contributed by atoms with Crippen LogP contribution in [-0.2, 0) is 16.0 Å². The highest BCUT2D eigenvalue weighted by Gasteiger charge is 2.37. The Labute approximate surface area is 199 Å². The lowest BCUT2D eigenvalue weighted by Gasteiger charge is -2.40. The van der Waals surface area contributed by atoms with E-state index < -0.39 is 6.10 Å². The van der Waals surface area contributed by atoms with Gasteiger partial charge in [-0.25, -0.2) is 4.98 Å². The number of pyridine rings is 1. The van der Waals surface area contributed by atoms with Crippen LogP contribution in [0.1, 0.15) is 24.1 Å². The van der Waals surface area contributed by atoms with E-state index in [4.69, 9.17) is 49.7 Å². The Bertz CT molecular complexity index is 1220. The minimum absolute atomic E-state index is 0.0315. The molecule has 4 heterocycles. The van der Waals surface area contributed by atoms with Crippen molar-refractivity contribution in [1.82, 2.24) is 14.9 Å². The highest BCUT2D eigenvalue weighted by molar-refractivity contribution is 6.35.